The van der Waals surface area contributed by atoms with Crippen molar-refractivity contribution in [3.05, 3.63) is 34.3 Å². The molecule has 0 aromatic heterocycles. The minimum Gasteiger partial charge on any atom is -0.481 e. The van der Waals surface area contributed by atoms with Crippen molar-refractivity contribution in [3.63, 3.8) is 0 Å². The molecule has 0 atom stereocenters. The first-order valence-corrected chi connectivity index (χ1v) is 7.39. The molecular formula is C15H20BrNO3. The second-order valence-electron chi connectivity index (χ2n) is 5.24. The fourth-order valence-electron chi connectivity index (χ4n) is 1.82. The third-order valence-corrected chi connectivity index (χ3v) is 3.77. The van der Waals surface area contributed by atoms with Gasteiger partial charge >= 0.3 is 5.97 Å². The Morgan fingerprint density at radius 3 is 2.35 bits per heavy atom. The molecule has 0 saturated carbocycles. The molecule has 2 N–H and O–H groups in total. The lowest BCUT2D eigenvalue weighted by Crippen LogP contribution is -2.40. The van der Waals surface area contributed by atoms with Crippen LogP contribution in [0, 0.1) is 0 Å². The SMILES string of the molecule is CC(C)(C(=O)NCCCCC(=O)O)c1ccc(Br)cc1. The Morgan fingerprint density at radius 2 is 1.80 bits per heavy atom. The number of hydrogen-bond donors (Lipinski definition) is 2. The summed E-state index contributed by atoms with van der Waals surface area (Å²) in [6.07, 6.45) is 1.40. The smallest absolute Gasteiger partial charge is 0.303 e. The van der Waals surface area contributed by atoms with Gasteiger partial charge in [-0.05, 0) is 44.4 Å². The maximum absolute atomic E-state index is 12.2. The number of benzene rings is 1. The average molecular weight is 342 g/mol. The summed E-state index contributed by atoms with van der Waals surface area (Å²) in [5.74, 6) is -0.846. The van der Waals surface area contributed by atoms with Crippen LogP contribution in [0.3, 0.4) is 0 Å². The highest BCUT2D eigenvalue weighted by Crippen LogP contribution is 2.24. The van der Waals surface area contributed by atoms with E-state index >= 15 is 0 Å². The van der Waals surface area contributed by atoms with E-state index in [1.54, 1.807) is 0 Å². The van der Waals surface area contributed by atoms with Crippen LogP contribution in [0.25, 0.3) is 0 Å². The Hall–Kier alpha value is -1.36. The van der Waals surface area contributed by atoms with Crippen LogP contribution in [0.4, 0.5) is 0 Å². The lowest BCUT2D eigenvalue weighted by molar-refractivity contribution is -0.137. The highest BCUT2D eigenvalue weighted by atomic mass is 79.9. The number of rotatable bonds is 7. The molecule has 0 aliphatic carbocycles. The quantitative estimate of drug-likeness (QED) is 0.749. The van der Waals surface area contributed by atoms with Crippen LogP contribution < -0.4 is 5.32 Å². The fraction of sp³-hybridized carbons (Fsp3) is 0.467. The summed E-state index contributed by atoms with van der Waals surface area (Å²) >= 11 is 3.37. The first-order chi connectivity index (χ1) is 9.34. The van der Waals surface area contributed by atoms with Crippen LogP contribution in [-0.4, -0.2) is 23.5 Å². The van der Waals surface area contributed by atoms with Crippen molar-refractivity contribution in [1.82, 2.24) is 5.32 Å². The van der Waals surface area contributed by atoms with Crippen molar-refractivity contribution in [2.75, 3.05) is 6.54 Å². The van der Waals surface area contributed by atoms with Crippen molar-refractivity contribution >= 4 is 27.8 Å². The zero-order valence-electron chi connectivity index (χ0n) is 11.8. The molecule has 1 aromatic rings. The molecule has 0 fully saturated rings. The molecule has 5 heteroatoms. The number of halogens is 1. The number of carbonyl (C=O) groups is 2. The van der Waals surface area contributed by atoms with E-state index in [0.717, 1.165) is 10.0 Å². The van der Waals surface area contributed by atoms with E-state index in [2.05, 4.69) is 21.2 Å². The molecule has 0 spiro atoms. The van der Waals surface area contributed by atoms with E-state index in [1.807, 2.05) is 38.1 Å². The molecule has 0 bridgehead atoms. The summed E-state index contributed by atoms with van der Waals surface area (Å²) in [5, 5.41) is 11.4. The zero-order chi connectivity index (χ0) is 15.2. The number of hydrogen-bond acceptors (Lipinski definition) is 2. The Kier molecular flexibility index (Phi) is 6.20. The number of amides is 1. The van der Waals surface area contributed by atoms with Gasteiger partial charge in [-0.1, -0.05) is 28.1 Å². The number of carbonyl (C=O) groups excluding carboxylic acids is 1. The first kappa shape index (κ1) is 16.7. The Bertz CT molecular complexity index is 469. The van der Waals surface area contributed by atoms with E-state index in [1.165, 1.54) is 0 Å². The second kappa shape index (κ2) is 7.43. The van der Waals surface area contributed by atoms with Crippen LogP contribution in [0.2, 0.25) is 0 Å². The molecule has 110 valence electrons. The maximum Gasteiger partial charge on any atom is 0.303 e. The lowest BCUT2D eigenvalue weighted by Gasteiger charge is -2.24. The molecule has 1 rings (SSSR count). The number of unbranched alkanes of at least 4 members (excludes halogenated alkanes) is 1. The van der Waals surface area contributed by atoms with Gasteiger partial charge < -0.3 is 10.4 Å². The maximum atomic E-state index is 12.2. The highest BCUT2D eigenvalue weighted by Gasteiger charge is 2.29. The summed E-state index contributed by atoms with van der Waals surface area (Å²) in [5.41, 5.74) is 0.344. The topological polar surface area (TPSA) is 66.4 Å². The number of nitrogens with one attached hydrogen (secondary N) is 1. The summed E-state index contributed by atoms with van der Waals surface area (Å²) in [4.78, 5) is 22.6. The molecule has 4 nitrogen and oxygen atoms in total. The summed E-state index contributed by atoms with van der Waals surface area (Å²) < 4.78 is 0.978. The summed E-state index contributed by atoms with van der Waals surface area (Å²) in [6, 6.07) is 7.68. The molecular weight excluding hydrogens is 322 g/mol. The number of aliphatic carboxylic acids is 1. The highest BCUT2D eigenvalue weighted by molar-refractivity contribution is 9.10. The summed E-state index contributed by atoms with van der Waals surface area (Å²) in [6.45, 7) is 4.26. The number of carboxylic acids is 1. The molecule has 0 unspecified atom stereocenters. The molecule has 1 amide bonds. The van der Waals surface area contributed by atoms with Gasteiger partial charge in [0, 0.05) is 17.4 Å². The largest absolute Gasteiger partial charge is 0.481 e. The van der Waals surface area contributed by atoms with E-state index in [0.29, 0.717) is 19.4 Å². The predicted molar refractivity (Wildman–Crippen MR) is 81.7 cm³/mol. The molecule has 0 aliphatic heterocycles. The lowest BCUT2D eigenvalue weighted by atomic mass is 9.84. The van der Waals surface area contributed by atoms with Gasteiger partial charge in [0.25, 0.3) is 0 Å². The van der Waals surface area contributed by atoms with Gasteiger partial charge in [0.05, 0.1) is 5.41 Å². The summed E-state index contributed by atoms with van der Waals surface area (Å²) in [7, 11) is 0. The van der Waals surface area contributed by atoms with Gasteiger partial charge in [0.2, 0.25) is 5.91 Å². The van der Waals surface area contributed by atoms with E-state index in [9.17, 15) is 9.59 Å². The van der Waals surface area contributed by atoms with Gasteiger partial charge in [-0.15, -0.1) is 0 Å². The van der Waals surface area contributed by atoms with Crippen molar-refractivity contribution in [1.29, 1.82) is 0 Å². The number of carboxylic acid groups (broad SMARTS) is 1. The first-order valence-electron chi connectivity index (χ1n) is 6.60. The van der Waals surface area contributed by atoms with Crippen LogP contribution in [0.1, 0.15) is 38.7 Å². The van der Waals surface area contributed by atoms with Crippen molar-refractivity contribution in [2.45, 2.75) is 38.5 Å². The molecule has 0 radical (unpaired) electrons. The van der Waals surface area contributed by atoms with E-state index in [-0.39, 0.29) is 12.3 Å². The van der Waals surface area contributed by atoms with Crippen molar-refractivity contribution in [2.24, 2.45) is 0 Å². The standard InChI is InChI=1S/C15H20BrNO3/c1-15(2,11-6-8-12(16)9-7-11)14(20)17-10-4-3-5-13(18)19/h6-9H,3-5,10H2,1-2H3,(H,17,20)(H,18,19). The minimum absolute atomic E-state index is 0.0462. The Morgan fingerprint density at radius 1 is 1.20 bits per heavy atom. The minimum atomic E-state index is -0.800. The van der Waals surface area contributed by atoms with Crippen LogP contribution in [0.15, 0.2) is 28.7 Å². The van der Waals surface area contributed by atoms with Crippen molar-refractivity contribution < 1.29 is 14.7 Å². The molecule has 0 aliphatic rings. The Labute approximate surface area is 127 Å². The molecule has 20 heavy (non-hydrogen) atoms. The van der Waals surface area contributed by atoms with Crippen LogP contribution in [0.5, 0.6) is 0 Å². The zero-order valence-corrected chi connectivity index (χ0v) is 13.4. The second-order valence-corrected chi connectivity index (χ2v) is 6.15. The monoisotopic (exact) mass is 341 g/mol. The van der Waals surface area contributed by atoms with Gasteiger partial charge in [0.15, 0.2) is 0 Å². The van der Waals surface area contributed by atoms with Gasteiger partial charge in [-0.3, -0.25) is 9.59 Å². The van der Waals surface area contributed by atoms with Crippen molar-refractivity contribution in [3.8, 4) is 0 Å². The average Bonchev–Trinajstić information content (AvgIpc) is 2.38. The van der Waals surface area contributed by atoms with Gasteiger partial charge in [-0.2, -0.15) is 0 Å². The van der Waals surface area contributed by atoms with E-state index in [4.69, 9.17) is 5.11 Å². The normalized spacial score (nSPS) is 11.2. The van der Waals surface area contributed by atoms with Crippen LogP contribution in [-0.2, 0) is 15.0 Å². The predicted octanol–water partition coefficient (Wildman–Crippen LogP) is 3.10. The molecule has 0 saturated heterocycles. The van der Waals surface area contributed by atoms with E-state index < -0.39 is 11.4 Å². The van der Waals surface area contributed by atoms with Crippen LogP contribution >= 0.6 is 15.9 Å². The molecule has 1 aromatic carbocycles. The van der Waals surface area contributed by atoms with Gasteiger partial charge in [-0.25, -0.2) is 0 Å². The fourth-order valence-corrected chi connectivity index (χ4v) is 2.09. The molecule has 0 heterocycles. The third kappa shape index (κ3) is 4.96. The third-order valence-electron chi connectivity index (χ3n) is 3.24. The van der Waals surface area contributed by atoms with Gasteiger partial charge in [0.1, 0.15) is 0 Å². The Balaban J connectivity index is 2.48.